The first-order valence-electron chi connectivity index (χ1n) is 10.3. The number of benzene rings is 2. The van der Waals surface area contributed by atoms with Crippen LogP contribution in [0.3, 0.4) is 0 Å². The van der Waals surface area contributed by atoms with Gasteiger partial charge in [0.05, 0.1) is 28.8 Å². The minimum Gasteiger partial charge on any atom is -0.463 e. The predicted octanol–water partition coefficient (Wildman–Crippen LogP) is 4.04. The van der Waals surface area contributed by atoms with Gasteiger partial charge in [0.25, 0.3) is 5.91 Å². The molecule has 1 aliphatic heterocycles. The van der Waals surface area contributed by atoms with Crippen LogP contribution in [0.5, 0.6) is 0 Å². The Kier molecular flexibility index (Phi) is 5.93. The van der Waals surface area contributed by atoms with Crippen molar-refractivity contribution in [3.8, 4) is 0 Å². The van der Waals surface area contributed by atoms with Crippen molar-refractivity contribution < 1.29 is 13.9 Å². The third-order valence-corrected chi connectivity index (χ3v) is 6.75. The van der Waals surface area contributed by atoms with Gasteiger partial charge in [-0.1, -0.05) is 35.1 Å². The van der Waals surface area contributed by atoms with Crippen molar-refractivity contribution in [2.75, 3.05) is 44.3 Å². The smallest absolute Gasteiger partial charge is 0.267 e. The molecule has 0 saturated carbocycles. The fourth-order valence-electron chi connectivity index (χ4n) is 3.72. The van der Waals surface area contributed by atoms with E-state index in [0.29, 0.717) is 47.4 Å². The second-order valence-corrected chi connectivity index (χ2v) is 8.94. The number of aromatic nitrogens is 1. The number of rotatable bonds is 5. The van der Waals surface area contributed by atoms with Crippen LogP contribution in [0.1, 0.15) is 10.4 Å². The van der Waals surface area contributed by atoms with Crippen LogP contribution in [0.15, 0.2) is 57.9 Å². The van der Waals surface area contributed by atoms with Crippen LogP contribution in [-0.4, -0.2) is 55.2 Å². The van der Waals surface area contributed by atoms with E-state index in [1.54, 1.807) is 35.2 Å². The molecule has 3 heterocycles. The quantitative estimate of drug-likeness (QED) is 0.439. The first kappa shape index (κ1) is 21.1. The van der Waals surface area contributed by atoms with Crippen LogP contribution in [0.2, 0.25) is 5.02 Å². The molecule has 4 aromatic rings. The van der Waals surface area contributed by atoms with Crippen LogP contribution >= 0.6 is 22.9 Å². The van der Waals surface area contributed by atoms with Crippen molar-refractivity contribution in [1.82, 2.24) is 9.88 Å². The molecule has 32 heavy (non-hydrogen) atoms. The number of para-hydroxylation sites is 1. The van der Waals surface area contributed by atoms with Crippen molar-refractivity contribution in [3.05, 3.63) is 69.5 Å². The summed E-state index contributed by atoms with van der Waals surface area (Å²) in [6, 6.07) is 12.3. The van der Waals surface area contributed by atoms with E-state index in [2.05, 4.69) is 9.88 Å². The first-order chi connectivity index (χ1) is 15.6. The third kappa shape index (κ3) is 4.14. The summed E-state index contributed by atoms with van der Waals surface area (Å²) in [6.45, 7) is 3.97. The highest BCUT2D eigenvalue weighted by atomic mass is 35.5. The fourth-order valence-corrected chi connectivity index (χ4v) is 4.99. The van der Waals surface area contributed by atoms with Crippen LogP contribution in [0.4, 0.5) is 5.13 Å². The maximum Gasteiger partial charge on any atom is 0.267 e. The number of thiazole rings is 1. The van der Waals surface area contributed by atoms with Crippen molar-refractivity contribution in [2.24, 2.45) is 0 Å². The summed E-state index contributed by atoms with van der Waals surface area (Å²) in [4.78, 5) is 35.1. The lowest BCUT2D eigenvalue weighted by atomic mass is 10.1. The van der Waals surface area contributed by atoms with Crippen molar-refractivity contribution in [2.45, 2.75) is 0 Å². The van der Waals surface area contributed by atoms with E-state index in [-0.39, 0.29) is 11.0 Å². The summed E-state index contributed by atoms with van der Waals surface area (Å²) in [5, 5.41) is 1.50. The summed E-state index contributed by atoms with van der Waals surface area (Å²) in [5.41, 5.74) is 0.841. The molecule has 0 spiro atoms. The molecule has 1 aliphatic rings. The number of halogens is 1. The molecule has 2 aromatic carbocycles. The van der Waals surface area contributed by atoms with Gasteiger partial charge in [-0.15, -0.1) is 0 Å². The maximum absolute atomic E-state index is 13.6. The van der Waals surface area contributed by atoms with E-state index in [4.69, 9.17) is 20.8 Å². The Morgan fingerprint density at radius 2 is 2.00 bits per heavy atom. The predicted molar refractivity (Wildman–Crippen MR) is 126 cm³/mol. The number of anilines is 1. The van der Waals surface area contributed by atoms with Crippen molar-refractivity contribution >= 4 is 55.2 Å². The molecule has 7 nitrogen and oxygen atoms in total. The monoisotopic (exact) mass is 469 g/mol. The minimum atomic E-state index is -0.428. The topological polar surface area (TPSA) is 75.9 Å². The lowest BCUT2D eigenvalue weighted by Crippen LogP contribution is -2.44. The average Bonchev–Trinajstić information content (AvgIpc) is 3.23. The van der Waals surface area contributed by atoms with Crippen molar-refractivity contribution in [1.29, 1.82) is 0 Å². The number of carbonyl (C=O) groups excluding carboxylic acids is 1. The van der Waals surface area contributed by atoms with E-state index < -0.39 is 5.91 Å². The Balaban J connectivity index is 1.52. The van der Waals surface area contributed by atoms with E-state index in [9.17, 15) is 9.59 Å². The SMILES string of the molecule is O=C(c1coc2ccccc2c1=O)N(CCN1CCOCC1)c1nc2ccc(Cl)cc2s1. The zero-order valence-corrected chi connectivity index (χ0v) is 18.7. The van der Waals surface area contributed by atoms with Crippen LogP contribution in [0, 0.1) is 0 Å². The lowest BCUT2D eigenvalue weighted by Gasteiger charge is -2.29. The second-order valence-electron chi connectivity index (χ2n) is 7.49. The van der Waals surface area contributed by atoms with Crippen molar-refractivity contribution in [3.63, 3.8) is 0 Å². The van der Waals surface area contributed by atoms with Crippen LogP contribution < -0.4 is 10.3 Å². The maximum atomic E-state index is 13.6. The zero-order valence-electron chi connectivity index (χ0n) is 17.1. The summed E-state index contributed by atoms with van der Waals surface area (Å²) in [5.74, 6) is -0.428. The number of fused-ring (bicyclic) bond motifs is 2. The highest BCUT2D eigenvalue weighted by Crippen LogP contribution is 2.31. The molecule has 0 aliphatic carbocycles. The van der Waals surface area contributed by atoms with Gasteiger partial charge in [-0.05, 0) is 30.3 Å². The highest BCUT2D eigenvalue weighted by molar-refractivity contribution is 7.22. The Morgan fingerprint density at radius 3 is 2.84 bits per heavy atom. The molecular weight excluding hydrogens is 450 g/mol. The molecule has 1 saturated heterocycles. The van der Waals surface area contributed by atoms with Gasteiger partial charge < -0.3 is 9.15 Å². The Bertz CT molecular complexity index is 1350. The van der Waals surface area contributed by atoms with Crippen LogP contribution in [0.25, 0.3) is 21.2 Å². The first-order valence-corrected chi connectivity index (χ1v) is 11.5. The van der Waals surface area contributed by atoms with Gasteiger partial charge >= 0.3 is 0 Å². The molecule has 5 rings (SSSR count). The number of hydrogen-bond acceptors (Lipinski definition) is 7. The molecule has 0 N–H and O–H groups in total. The van der Waals surface area contributed by atoms with Gasteiger partial charge in [0, 0.05) is 31.2 Å². The average molecular weight is 470 g/mol. The van der Waals surface area contributed by atoms with E-state index in [1.165, 1.54) is 17.6 Å². The standard InChI is InChI=1S/C23H20ClN3O4S/c24-15-5-6-18-20(13-15)32-23(25-18)27(8-7-26-9-11-30-12-10-26)22(29)17-14-31-19-4-2-1-3-16(19)21(17)28/h1-6,13-14H,7-12H2. The molecule has 1 amide bonds. The zero-order chi connectivity index (χ0) is 22.1. The van der Waals surface area contributed by atoms with Gasteiger partial charge in [0.2, 0.25) is 5.43 Å². The fraction of sp³-hybridized carbons (Fsp3) is 0.261. The largest absolute Gasteiger partial charge is 0.463 e. The molecule has 2 aromatic heterocycles. The summed E-state index contributed by atoms with van der Waals surface area (Å²) >= 11 is 7.50. The molecule has 164 valence electrons. The Labute approximate surface area is 192 Å². The van der Waals surface area contributed by atoms with E-state index in [0.717, 1.165) is 23.3 Å². The van der Waals surface area contributed by atoms with Crippen LogP contribution in [-0.2, 0) is 4.74 Å². The molecular formula is C23H20ClN3O4S. The number of ether oxygens (including phenoxy) is 1. The Morgan fingerprint density at radius 1 is 1.19 bits per heavy atom. The minimum absolute atomic E-state index is 0.0111. The van der Waals surface area contributed by atoms with Gasteiger partial charge in [0.1, 0.15) is 17.4 Å². The number of morpholine rings is 1. The molecule has 9 heteroatoms. The van der Waals surface area contributed by atoms with Gasteiger partial charge in [-0.3, -0.25) is 19.4 Å². The van der Waals surface area contributed by atoms with E-state index in [1.807, 2.05) is 12.1 Å². The highest BCUT2D eigenvalue weighted by Gasteiger charge is 2.26. The lowest BCUT2D eigenvalue weighted by molar-refractivity contribution is 0.0391. The second kappa shape index (κ2) is 8.99. The number of amides is 1. The van der Waals surface area contributed by atoms with Gasteiger partial charge in [-0.2, -0.15) is 0 Å². The Hall–Kier alpha value is -2.78. The molecule has 0 bridgehead atoms. The summed E-state index contributed by atoms with van der Waals surface area (Å²) in [7, 11) is 0. The molecule has 0 radical (unpaired) electrons. The summed E-state index contributed by atoms with van der Waals surface area (Å²) < 4.78 is 11.9. The van der Waals surface area contributed by atoms with Gasteiger partial charge in [0.15, 0.2) is 5.13 Å². The summed E-state index contributed by atoms with van der Waals surface area (Å²) in [6.07, 6.45) is 1.25. The molecule has 1 fully saturated rings. The number of carbonyl (C=O) groups is 1. The van der Waals surface area contributed by atoms with E-state index >= 15 is 0 Å². The third-order valence-electron chi connectivity index (χ3n) is 5.47. The number of hydrogen-bond donors (Lipinski definition) is 0. The van der Waals surface area contributed by atoms with Gasteiger partial charge in [-0.25, -0.2) is 4.98 Å². The molecule has 0 unspecified atom stereocenters. The number of nitrogens with zero attached hydrogens (tertiary/aromatic N) is 3. The molecule has 0 atom stereocenters. The normalized spacial score (nSPS) is 14.8.